The quantitative estimate of drug-likeness (QED) is 0.843. The van der Waals surface area contributed by atoms with Crippen LogP contribution in [0.5, 0.6) is 0 Å². The van der Waals surface area contributed by atoms with Crippen molar-refractivity contribution in [2.45, 2.75) is 31.7 Å². The Labute approximate surface area is 153 Å². The Morgan fingerprint density at radius 2 is 1.81 bits per heavy atom. The Kier molecular flexibility index (Phi) is 4.98. The summed E-state index contributed by atoms with van der Waals surface area (Å²) in [5.41, 5.74) is 1.83. The summed E-state index contributed by atoms with van der Waals surface area (Å²) in [6.45, 7) is 3.88. The molecule has 2 aliphatic rings. The first-order chi connectivity index (χ1) is 12.7. The number of benzene rings is 1. The van der Waals surface area contributed by atoms with E-state index in [0.717, 1.165) is 50.1 Å². The minimum absolute atomic E-state index is 0.175. The summed E-state index contributed by atoms with van der Waals surface area (Å²) in [6.07, 6.45) is 7.86. The van der Waals surface area contributed by atoms with Gasteiger partial charge in [-0.15, -0.1) is 0 Å². The number of carbonyl (C=O) groups excluding carboxylic acids is 1. The van der Waals surface area contributed by atoms with Gasteiger partial charge in [-0.1, -0.05) is 6.07 Å². The maximum atomic E-state index is 14.7. The highest BCUT2D eigenvalue weighted by molar-refractivity contribution is 5.95. The largest absolute Gasteiger partial charge is 0.334 e. The van der Waals surface area contributed by atoms with Crippen LogP contribution < -0.4 is 0 Å². The van der Waals surface area contributed by atoms with E-state index in [1.165, 1.54) is 18.9 Å². The molecule has 1 aromatic carbocycles. The highest BCUT2D eigenvalue weighted by atomic mass is 19.1. The highest BCUT2D eigenvalue weighted by Crippen LogP contribution is 2.26. The van der Waals surface area contributed by atoms with E-state index in [4.69, 9.17) is 0 Å². The number of carbonyl (C=O) groups is 1. The highest BCUT2D eigenvalue weighted by Gasteiger charge is 2.32. The number of likely N-dealkylation sites (tertiary alicyclic amines) is 2. The van der Waals surface area contributed by atoms with Gasteiger partial charge in [0.1, 0.15) is 5.82 Å². The lowest BCUT2D eigenvalue weighted by Crippen LogP contribution is -2.42. The van der Waals surface area contributed by atoms with Crippen molar-refractivity contribution >= 4 is 5.91 Å². The lowest BCUT2D eigenvalue weighted by atomic mass is 10.0. The number of halogens is 1. The lowest BCUT2D eigenvalue weighted by molar-refractivity contribution is 0.0704. The van der Waals surface area contributed by atoms with Crippen molar-refractivity contribution in [3.05, 3.63) is 54.1 Å². The number of hydrogen-bond acceptors (Lipinski definition) is 3. The molecule has 3 heterocycles. The molecule has 0 unspecified atom stereocenters. The van der Waals surface area contributed by atoms with Crippen molar-refractivity contribution in [3.8, 4) is 11.1 Å². The molecular formula is C21H24FN3O. The molecular weight excluding hydrogens is 329 g/mol. The first-order valence-electron chi connectivity index (χ1n) is 9.45. The summed E-state index contributed by atoms with van der Waals surface area (Å²) in [6, 6.07) is 8.77. The first kappa shape index (κ1) is 17.2. The van der Waals surface area contributed by atoms with Gasteiger partial charge in [0, 0.05) is 31.5 Å². The number of rotatable bonds is 4. The van der Waals surface area contributed by atoms with E-state index in [2.05, 4.69) is 9.88 Å². The summed E-state index contributed by atoms with van der Waals surface area (Å²) in [4.78, 5) is 21.2. The van der Waals surface area contributed by atoms with Crippen LogP contribution in [0.4, 0.5) is 4.39 Å². The zero-order valence-electron chi connectivity index (χ0n) is 14.9. The Morgan fingerprint density at radius 3 is 2.54 bits per heavy atom. The fraction of sp³-hybridized carbons (Fsp3) is 0.429. The normalized spacial score (nSPS) is 20.7. The molecule has 2 aliphatic heterocycles. The third-order valence-electron chi connectivity index (χ3n) is 5.52. The number of aromatic nitrogens is 1. The molecule has 5 heteroatoms. The van der Waals surface area contributed by atoms with Gasteiger partial charge in [-0.25, -0.2) is 4.39 Å². The van der Waals surface area contributed by atoms with Crippen molar-refractivity contribution < 1.29 is 9.18 Å². The standard InChI is InChI=1S/C21H24FN3O/c22-20-14-17(16-7-9-23-10-8-16)5-6-19(20)21(26)25-13-3-4-18(25)15-24-11-1-2-12-24/h5-10,14,18H,1-4,11-13,15H2/t18-/m0/s1. The molecule has 0 aliphatic carbocycles. The Hall–Kier alpha value is -2.27. The molecule has 2 aromatic rings. The minimum Gasteiger partial charge on any atom is -0.334 e. The predicted octanol–water partition coefficient (Wildman–Crippen LogP) is 3.59. The second-order valence-corrected chi connectivity index (χ2v) is 7.23. The second-order valence-electron chi connectivity index (χ2n) is 7.23. The third-order valence-corrected chi connectivity index (χ3v) is 5.52. The average Bonchev–Trinajstić information content (AvgIpc) is 3.34. The van der Waals surface area contributed by atoms with Crippen LogP contribution in [0, 0.1) is 5.82 Å². The summed E-state index contributed by atoms with van der Waals surface area (Å²) in [5, 5.41) is 0. The molecule has 1 atom stereocenters. The van der Waals surface area contributed by atoms with Crippen molar-refractivity contribution in [3.63, 3.8) is 0 Å². The molecule has 0 bridgehead atoms. The molecule has 0 radical (unpaired) electrons. The molecule has 26 heavy (non-hydrogen) atoms. The van der Waals surface area contributed by atoms with Crippen molar-refractivity contribution in [1.29, 1.82) is 0 Å². The van der Waals surface area contributed by atoms with E-state index in [0.29, 0.717) is 0 Å². The summed E-state index contributed by atoms with van der Waals surface area (Å²) < 4.78 is 14.7. The van der Waals surface area contributed by atoms with E-state index in [1.54, 1.807) is 18.5 Å². The van der Waals surface area contributed by atoms with Crippen LogP contribution in [0.2, 0.25) is 0 Å². The van der Waals surface area contributed by atoms with E-state index < -0.39 is 5.82 Å². The molecule has 0 saturated carbocycles. The number of hydrogen-bond donors (Lipinski definition) is 0. The maximum Gasteiger partial charge on any atom is 0.257 e. The molecule has 1 amide bonds. The summed E-state index contributed by atoms with van der Waals surface area (Å²) in [5.74, 6) is -0.624. The molecule has 1 aromatic heterocycles. The number of amides is 1. The van der Waals surface area contributed by atoms with Gasteiger partial charge in [-0.05, 0) is 74.2 Å². The zero-order valence-corrected chi connectivity index (χ0v) is 14.9. The third kappa shape index (κ3) is 3.49. The fourth-order valence-electron chi connectivity index (χ4n) is 4.12. The lowest BCUT2D eigenvalue weighted by Gasteiger charge is -2.28. The van der Waals surface area contributed by atoms with E-state index >= 15 is 0 Å². The van der Waals surface area contributed by atoms with Crippen molar-refractivity contribution in [2.24, 2.45) is 0 Å². The van der Waals surface area contributed by atoms with Crippen LogP contribution in [-0.4, -0.2) is 52.9 Å². The zero-order chi connectivity index (χ0) is 17.9. The monoisotopic (exact) mass is 353 g/mol. The van der Waals surface area contributed by atoms with Gasteiger partial charge in [0.25, 0.3) is 5.91 Å². The molecule has 2 fully saturated rings. The first-order valence-corrected chi connectivity index (χ1v) is 9.45. The molecule has 0 N–H and O–H groups in total. The van der Waals surface area contributed by atoms with Crippen LogP contribution in [-0.2, 0) is 0 Å². The summed E-state index contributed by atoms with van der Waals surface area (Å²) in [7, 11) is 0. The number of pyridine rings is 1. The predicted molar refractivity (Wildman–Crippen MR) is 99.4 cm³/mol. The topological polar surface area (TPSA) is 36.4 Å². The second kappa shape index (κ2) is 7.54. The smallest absolute Gasteiger partial charge is 0.257 e. The van der Waals surface area contributed by atoms with Gasteiger partial charge in [-0.2, -0.15) is 0 Å². The van der Waals surface area contributed by atoms with Gasteiger partial charge in [0.05, 0.1) is 5.56 Å². The Bertz CT molecular complexity index is 774. The molecule has 136 valence electrons. The van der Waals surface area contributed by atoms with Crippen LogP contribution in [0.25, 0.3) is 11.1 Å². The van der Waals surface area contributed by atoms with Crippen LogP contribution in [0.15, 0.2) is 42.7 Å². The van der Waals surface area contributed by atoms with Crippen LogP contribution in [0.3, 0.4) is 0 Å². The number of nitrogens with zero attached hydrogens (tertiary/aromatic N) is 3. The Morgan fingerprint density at radius 1 is 1.04 bits per heavy atom. The van der Waals surface area contributed by atoms with E-state index in [9.17, 15) is 9.18 Å². The summed E-state index contributed by atoms with van der Waals surface area (Å²) >= 11 is 0. The van der Waals surface area contributed by atoms with Crippen molar-refractivity contribution in [2.75, 3.05) is 26.2 Å². The minimum atomic E-state index is -0.448. The van der Waals surface area contributed by atoms with Crippen LogP contribution >= 0.6 is 0 Å². The van der Waals surface area contributed by atoms with E-state index in [-0.39, 0.29) is 17.5 Å². The van der Waals surface area contributed by atoms with Gasteiger partial charge in [0.15, 0.2) is 0 Å². The molecule has 0 spiro atoms. The van der Waals surface area contributed by atoms with Crippen molar-refractivity contribution in [1.82, 2.24) is 14.8 Å². The maximum absolute atomic E-state index is 14.7. The fourth-order valence-corrected chi connectivity index (χ4v) is 4.12. The van der Waals surface area contributed by atoms with Gasteiger partial charge in [-0.3, -0.25) is 9.78 Å². The molecule has 4 nitrogen and oxygen atoms in total. The van der Waals surface area contributed by atoms with Gasteiger partial charge >= 0.3 is 0 Å². The SMILES string of the molecule is O=C(c1ccc(-c2ccncc2)cc1F)N1CCC[C@H]1CN1CCCC1. The van der Waals surface area contributed by atoms with E-state index in [1.807, 2.05) is 23.1 Å². The van der Waals surface area contributed by atoms with Gasteiger partial charge in [0.2, 0.25) is 0 Å². The van der Waals surface area contributed by atoms with Crippen LogP contribution in [0.1, 0.15) is 36.0 Å². The Balaban J connectivity index is 1.52. The molecule has 4 rings (SSSR count). The molecule has 2 saturated heterocycles. The van der Waals surface area contributed by atoms with Gasteiger partial charge < -0.3 is 9.80 Å². The average molecular weight is 353 g/mol.